The topological polar surface area (TPSA) is 59.6 Å². The van der Waals surface area contributed by atoms with Crippen LogP contribution < -0.4 is 10.6 Å². The van der Waals surface area contributed by atoms with Crippen molar-refractivity contribution >= 4 is 6.09 Å². The van der Waals surface area contributed by atoms with E-state index in [4.69, 9.17) is 4.74 Å². The van der Waals surface area contributed by atoms with Gasteiger partial charge < -0.3 is 20.1 Å². The molecule has 1 amide bonds. The van der Waals surface area contributed by atoms with Crippen molar-refractivity contribution in [3.63, 3.8) is 0 Å². The van der Waals surface area contributed by atoms with E-state index in [1.165, 1.54) is 0 Å². The molecular weight excluding hydrogens is 246 g/mol. The molecule has 1 unspecified atom stereocenters. The summed E-state index contributed by atoms with van der Waals surface area (Å²) in [5.41, 5.74) is -1.67. The van der Waals surface area contributed by atoms with Gasteiger partial charge in [-0.3, -0.25) is 0 Å². The maximum absolute atomic E-state index is 12.3. The normalized spacial score (nSPS) is 24.3. The first-order valence-corrected chi connectivity index (χ1v) is 5.86. The Kier molecular flexibility index (Phi) is 4.86. The van der Waals surface area contributed by atoms with Gasteiger partial charge in [-0.1, -0.05) is 0 Å². The van der Waals surface area contributed by atoms with Crippen LogP contribution in [0.4, 0.5) is 13.6 Å². The van der Waals surface area contributed by atoms with Crippen LogP contribution in [-0.4, -0.2) is 43.5 Å². The summed E-state index contributed by atoms with van der Waals surface area (Å²) in [6.45, 7) is 3.21. The van der Waals surface area contributed by atoms with E-state index in [9.17, 15) is 13.6 Å². The number of carbonyl (C=O) groups excluding carboxylic acids is 1. The predicted octanol–water partition coefficient (Wildman–Crippen LogP) is 1.48. The summed E-state index contributed by atoms with van der Waals surface area (Å²) in [5, 5.41) is 5.41. The van der Waals surface area contributed by atoms with Crippen LogP contribution in [0.25, 0.3) is 0 Å². The molecule has 1 rings (SSSR count). The van der Waals surface area contributed by atoms with E-state index in [2.05, 4.69) is 15.4 Å². The lowest BCUT2D eigenvalue weighted by Gasteiger charge is -2.29. The van der Waals surface area contributed by atoms with Gasteiger partial charge >= 0.3 is 12.7 Å². The monoisotopic (exact) mass is 266 g/mol. The van der Waals surface area contributed by atoms with E-state index in [0.29, 0.717) is 13.0 Å². The first-order chi connectivity index (χ1) is 8.22. The quantitative estimate of drug-likeness (QED) is 0.809. The molecule has 0 spiro atoms. The molecule has 0 aliphatic carbocycles. The van der Waals surface area contributed by atoms with Crippen LogP contribution in [0, 0.1) is 0 Å². The molecule has 0 aromatic carbocycles. The Hall–Kier alpha value is -0.950. The van der Waals surface area contributed by atoms with Gasteiger partial charge in [0.1, 0.15) is 11.2 Å². The van der Waals surface area contributed by atoms with E-state index < -0.39 is 23.9 Å². The van der Waals surface area contributed by atoms with E-state index in [1.54, 1.807) is 20.8 Å². The Morgan fingerprint density at radius 1 is 1.50 bits per heavy atom. The molecule has 2 N–H and O–H groups in total. The third-order valence-corrected chi connectivity index (χ3v) is 2.50. The zero-order valence-corrected chi connectivity index (χ0v) is 10.9. The molecule has 7 heteroatoms. The van der Waals surface area contributed by atoms with Gasteiger partial charge in [0.25, 0.3) is 0 Å². The van der Waals surface area contributed by atoms with Crippen molar-refractivity contribution in [2.45, 2.75) is 45.0 Å². The van der Waals surface area contributed by atoms with Gasteiger partial charge in [-0.25, -0.2) is 4.79 Å². The van der Waals surface area contributed by atoms with Crippen molar-refractivity contribution < 1.29 is 23.0 Å². The molecule has 0 bridgehead atoms. The molecule has 5 nitrogen and oxygen atoms in total. The van der Waals surface area contributed by atoms with E-state index in [1.807, 2.05) is 0 Å². The average Bonchev–Trinajstić information content (AvgIpc) is 2.60. The minimum Gasteiger partial charge on any atom is -0.444 e. The van der Waals surface area contributed by atoms with E-state index >= 15 is 0 Å². The maximum atomic E-state index is 12.3. The minimum atomic E-state index is -2.86. The molecule has 0 saturated carbocycles. The lowest BCUT2D eigenvalue weighted by molar-refractivity contribution is -0.200. The molecule has 0 aromatic heterocycles. The number of ether oxygens (including phenoxy) is 2. The number of halogens is 2. The standard InChI is InChI=1S/C11H20F2N2O3/c1-10(2,3)18-9(16)15-7-11(17-8(12)13)4-5-14-6-11/h8,14H,4-7H2,1-3H3,(H,15,16). The van der Waals surface area contributed by atoms with Crippen molar-refractivity contribution in [3.05, 3.63) is 0 Å². The Balaban J connectivity index is 2.45. The van der Waals surface area contributed by atoms with Crippen molar-refractivity contribution in [2.24, 2.45) is 0 Å². The van der Waals surface area contributed by atoms with Crippen LogP contribution >= 0.6 is 0 Å². The van der Waals surface area contributed by atoms with Crippen LogP contribution in [0.5, 0.6) is 0 Å². The Bertz CT molecular complexity index is 287. The molecule has 106 valence electrons. The summed E-state index contributed by atoms with van der Waals surface area (Å²) >= 11 is 0. The number of carbonyl (C=O) groups is 1. The van der Waals surface area contributed by atoms with Crippen LogP contribution in [-0.2, 0) is 9.47 Å². The molecule has 1 fully saturated rings. The zero-order valence-electron chi connectivity index (χ0n) is 10.9. The van der Waals surface area contributed by atoms with E-state index in [0.717, 1.165) is 0 Å². The summed E-state index contributed by atoms with van der Waals surface area (Å²) in [4.78, 5) is 11.4. The zero-order chi connectivity index (χ0) is 13.8. The van der Waals surface area contributed by atoms with Gasteiger partial charge in [0.05, 0.1) is 6.54 Å². The Morgan fingerprint density at radius 2 is 2.17 bits per heavy atom. The third kappa shape index (κ3) is 5.14. The first kappa shape index (κ1) is 15.1. The van der Waals surface area contributed by atoms with Crippen LogP contribution in [0.15, 0.2) is 0 Å². The molecule has 1 atom stereocenters. The fourth-order valence-corrected chi connectivity index (χ4v) is 1.75. The summed E-state index contributed by atoms with van der Waals surface area (Å²) in [7, 11) is 0. The molecule has 1 aliphatic heterocycles. The van der Waals surface area contributed by atoms with Crippen LogP contribution in [0.2, 0.25) is 0 Å². The average molecular weight is 266 g/mol. The van der Waals surface area contributed by atoms with E-state index in [-0.39, 0.29) is 13.1 Å². The second-order valence-electron chi connectivity index (χ2n) is 5.34. The molecule has 18 heavy (non-hydrogen) atoms. The van der Waals surface area contributed by atoms with Gasteiger partial charge in [-0.15, -0.1) is 0 Å². The summed E-state index contributed by atoms with van der Waals surface area (Å²) < 4.78 is 34.3. The number of hydrogen-bond donors (Lipinski definition) is 2. The number of hydrogen-bond acceptors (Lipinski definition) is 4. The molecule has 1 saturated heterocycles. The Morgan fingerprint density at radius 3 is 2.61 bits per heavy atom. The van der Waals surface area contributed by atoms with Crippen molar-refractivity contribution in [3.8, 4) is 0 Å². The van der Waals surface area contributed by atoms with Gasteiger partial charge in [-0.2, -0.15) is 8.78 Å². The molecular formula is C11H20F2N2O3. The second-order valence-corrected chi connectivity index (χ2v) is 5.34. The maximum Gasteiger partial charge on any atom is 0.407 e. The van der Waals surface area contributed by atoms with Crippen molar-refractivity contribution in [1.29, 1.82) is 0 Å². The number of nitrogens with one attached hydrogen (secondary N) is 2. The summed E-state index contributed by atoms with van der Waals surface area (Å²) in [6, 6.07) is 0. The minimum absolute atomic E-state index is 0.000741. The van der Waals surface area contributed by atoms with Gasteiger partial charge in [0, 0.05) is 6.54 Å². The molecule has 1 heterocycles. The van der Waals surface area contributed by atoms with Crippen molar-refractivity contribution in [1.82, 2.24) is 10.6 Å². The highest BCUT2D eigenvalue weighted by atomic mass is 19.3. The smallest absolute Gasteiger partial charge is 0.407 e. The fraction of sp³-hybridized carbons (Fsp3) is 0.909. The van der Waals surface area contributed by atoms with Gasteiger partial charge in [-0.05, 0) is 33.7 Å². The van der Waals surface area contributed by atoms with Crippen LogP contribution in [0.1, 0.15) is 27.2 Å². The lowest BCUT2D eigenvalue weighted by Crippen LogP contribution is -2.48. The largest absolute Gasteiger partial charge is 0.444 e. The number of alkyl carbamates (subject to hydrolysis) is 1. The lowest BCUT2D eigenvalue weighted by atomic mass is 10.0. The number of rotatable bonds is 4. The van der Waals surface area contributed by atoms with Gasteiger partial charge in [0.2, 0.25) is 0 Å². The molecule has 1 aliphatic rings. The summed E-state index contributed by atoms with van der Waals surface area (Å²) in [6.07, 6.45) is -0.209. The van der Waals surface area contributed by atoms with Gasteiger partial charge in [0.15, 0.2) is 0 Å². The summed E-state index contributed by atoms with van der Waals surface area (Å²) in [5.74, 6) is 0. The SMILES string of the molecule is CC(C)(C)OC(=O)NCC1(OC(F)F)CCNC1. The highest BCUT2D eigenvalue weighted by Crippen LogP contribution is 2.22. The fourth-order valence-electron chi connectivity index (χ4n) is 1.75. The van der Waals surface area contributed by atoms with Crippen LogP contribution in [0.3, 0.4) is 0 Å². The Labute approximate surface area is 105 Å². The highest BCUT2D eigenvalue weighted by Gasteiger charge is 2.38. The number of amides is 1. The predicted molar refractivity (Wildman–Crippen MR) is 61.5 cm³/mol. The third-order valence-electron chi connectivity index (χ3n) is 2.50. The molecule has 0 radical (unpaired) electrons. The first-order valence-electron chi connectivity index (χ1n) is 5.86. The number of alkyl halides is 2. The van der Waals surface area contributed by atoms with Crippen molar-refractivity contribution in [2.75, 3.05) is 19.6 Å². The highest BCUT2D eigenvalue weighted by molar-refractivity contribution is 5.67. The molecule has 0 aromatic rings. The second kappa shape index (κ2) is 5.79.